The molecule has 0 aromatic carbocycles. The van der Waals surface area contributed by atoms with Gasteiger partial charge in [-0.15, -0.1) is 0 Å². The quantitative estimate of drug-likeness (QED) is 0.643. The van der Waals surface area contributed by atoms with Crippen LogP contribution in [-0.2, 0) is 4.79 Å². The van der Waals surface area contributed by atoms with Crippen molar-refractivity contribution in [2.75, 3.05) is 13.2 Å². The molecule has 3 N–H and O–H groups in total. The van der Waals surface area contributed by atoms with Gasteiger partial charge in [-0.05, 0) is 18.6 Å². The van der Waals surface area contributed by atoms with Crippen molar-refractivity contribution in [2.45, 2.75) is 18.9 Å². The molecule has 0 aliphatic carbocycles. The number of nitrogens with one attached hydrogen (secondary N) is 2. The molecule has 0 radical (unpaired) electrons. The number of carbonyl (C=O) groups excluding carboxylic acids is 2. The zero-order chi connectivity index (χ0) is 14.4. The number of aromatic nitrogens is 1. The van der Waals surface area contributed by atoms with E-state index >= 15 is 0 Å². The summed E-state index contributed by atoms with van der Waals surface area (Å²) in [4.78, 5) is 27.1. The average Bonchev–Trinajstić information content (AvgIpc) is 2.88. The predicted molar refractivity (Wildman–Crippen MR) is 71.7 cm³/mol. The lowest BCUT2D eigenvalue weighted by Gasteiger charge is -2.11. The third-order valence-corrected chi connectivity index (χ3v) is 2.92. The molecular formula is C14H15N3O3. The Labute approximate surface area is 116 Å². The van der Waals surface area contributed by atoms with Crippen LogP contribution in [0.25, 0.3) is 0 Å². The van der Waals surface area contributed by atoms with Crippen LogP contribution in [-0.4, -0.2) is 41.1 Å². The molecule has 0 bridgehead atoms. The van der Waals surface area contributed by atoms with E-state index in [-0.39, 0.29) is 30.2 Å². The Kier molecular flexibility index (Phi) is 4.69. The van der Waals surface area contributed by atoms with Crippen molar-refractivity contribution in [3.63, 3.8) is 0 Å². The predicted octanol–water partition coefficient (Wildman–Crippen LogP) is -0.566. The molecule has 1 saturated heterocycles. The van der Waals surface area contributed by atoms with Gasteiger partial charge in [0.05, 0.1) is 5.56 Å². The summed E-state index contributed by atoms with van der Waals surface area (Å²) in [5.41, 5.74) is 0.687. The monoisotopic (exact) mass is 273 g/mol. The highest BCUT2D eigenvalue weighted by atomic mass is 16.2. The minimum Gasteiger partial charge on any atom is -0.384 e. The van der Waals surface area contributed by atoms with Crippen LogP contribution in [0.4, 0.5) is 0 Å². The second-order valence-electron chi connectivity index (χ2n) is 4.37. The molecule has 0 saturated carbocycles. The second-order valence-corrected chi connectivity index (χ2v) is 4.37. The molecule has 2 heterocycles. The zero-order valence-corrected chi connectivity index (χ0v) is 10.8. The third-order valence-electron chi connectivity index (χ3n) is 2.92. The molecule has 1 aromatic rings. The van der Waals surface area contributed by atoms with E-state index in [1.807, 2.05) is 0 Å². The van der Waals surface area contributed by atoms with Gasteiger partial charge in [0.25, 0.3) is 5.91 Å². The van der Waals surface area contributed by atoms with Crippen molar-refractivity contribution in [2.24, 2.45) is 0 Å². The van der Waals surface area contributed by atoms with Gasteiger partial charge >= 0.3 is 0 Å². The smallest absolute Gasteiger partial charge is 0.271 e. The summed E-state index contributed by atoms with van der Waals surface area (Å²) in [6, 6.07) is 3.32. The van der Waals surface area contributed by atoms with E-state index in [9.17, 15) is 9.59 Å². The van der Waals surface area contributed by atoms with E-state index in [1.54, 1.807) is 12.1 Å². The number of hydrogen-bond acceptors (Lipinski definition) is 4. The Balaban J connectivity index is 2.00. The van der Waals surface area contributed by atoms with Crippen LogP contribution in [0.3, 0.4) is 0 Å². The van der Waals surface area contributed by atoms with Crippen LogP contribution in [0, 0.1) is 11.8 Å². The summed E-state index contributed by atoms with van der Waals surface area (Å²) >= 11 is 0. The van der Waals surface area contributed by atoms with E-state index < -0.39 is 0 Å². The van der Waals surface area contributed by atoms with Crippen molar-refractivity contribution in [3.05, 3.63) is 29.6 Å². The number of aliphatic hydroxyl groups is 1. The summed E-state index contributed by atoms with van der Waals surface area (Å²) < 4.78 is 0. The van der Waals surface area contributed by atoms with Crippen molar-refractivity contribution in [1.29, 1.82) is 0 Å². The molecule has 1 unspecified atom stereocenters. The summed E-state index contributed by atoms with van der Waals surface area (Å²) in [7, 11) is 0. The van der Waals surface area contributed by atoms with Crippen LogP contribution in [0.5, 0.6) is 0 Å². The summed E-state index contributed by atoms with van der Waals surface area (Å²) in [6.07, 6.45) is 2.73. The van der Waals surface area contributed by atoms with Crippen molar-refractivity contribution in [1.82, 2.24) is 15.6 Å². The number of carbonyl (C=O) groups is 2. The molecule has 1 aliphatic heterocycles. The second kappa shape index (κ2) is 6.68. The van der Waals surface area contributed by atoms with Gasteiger partial charge in [0.15, 0.2) is 0 Å². The number of hydrogen-bond donors (Lipinski definition) is 3. The molecule has 6 nitrogen and oxygen atoms in total. The Morgan fingerprint density at radius 3 is 3.15 bits per heavy atom. The van der Waals surface area contributed by atoms with Crippen LogP contribution >= 0.6 is 0 Å². The Morgan fingerprint density at radius 1 is 1.60 bits per heavy atom. The lowest BCUT2D eigenvalue weighted by molar-refractivity contribution is -0.119. The lowest BCUT2D eigenvalue weighted by Crippen LogP contribution is -2.38. The highest BCUT2D eigenvalue weighted by molar-refractivity contribution is 5.94. The van der Waals surface area contributed by atoms with Crippen molar-refractivity contribution >= 4 is 11.8 Å². The molecule has 2 rings (SSSR count). The van der Waals surface area contributed by atoms with E-state index in [1.165, 1.54) is 6.20 Å². The van der Waals surface area contributed by atoms with Crippen LogP contribution < -0.4 is 10.6 Å². The Morgan fingerprint density at radius 2 is 2.45 bits per heavy atom. The molecule has 6 heteroatoms. The highest BCUT2D eigenvalue weighted by Gasteiger charge is 2.21. The first-order chi connectivity index (χ1) is 9.70. The summed E-state index contributed by atoms with van der Waals surface area (Å²) in [5, 5.41) is 14.2. The van der Waals surface area contributed by atoms with Gasteiger partial charge in [-0.3, -0.25) is 9.59 Å². The van der Waals surface area contributed by atoms with E-state index in [0.717, 1.165) is 6.42 Å². The van der Waals surface area contributed by atoms with E-state index in [0.29, 0.717) is 18.5 Å². The van der Waals surface area contributed by atoms with Crippen molar-refractivity contribution in [3.8, 4) is 11.8 Å². The molecule has 1 aliphatic rings. The van der Waals surface area contributed by atoms with Gasteiger partial charge in [0.1, 0.15) is 12.3 Å². The van der Waals surface area contributed by atoms with Crippen LogP contribution in [0.1, 0.15) is 28.9 Å². The van der Waals surface area contributed by atoms with E-state index in [2.05, 4.69) is 27.5 Å². The first-order valence-corrected chi connectivity index (χ1v) is 6.33. The molecule has 0 spiro atoms. The zero-order valence-electron chi connectivity index (χ0n) is 10.8. The Bertz CT molecular complexity index is 575. The van der Waals surface area contributed by atoms with Crippen LogP contribution in [0.2, 0.25) is 0 Å². The first-order valence-electron chi connectivity index (χ1n) is 6.33. The van der Waals surface area contributed by atoms with Gasteiger partial charge in [-0.2, -0.15) is 0 Å². The fraction of sp³-hybridized carbons (Fsp3) is 0.357. The van der Waals surface area contributed by atoms with E-state index in [4.69, 9.17) is 5.11 Å². The van der Waals surface area contributed by atoms with Gasteiger partial charge < -0.3 is 15.7 Å². The summed E-state index contributed by atoms with van der Waals surface area (Å²) in [5.74, 6) is 4.85. The minimum absolute atomic E-state index is 0.0107. The Hall–Kier alpha value is -2.39. The molecule has 20 heavy (non-hydrogen) atoms. The minimum atomic E-state index is -0.339. The third kappa shape index (κ3) is 3.56. The lowest BCUT2D eigenvalue weighted by atomic mass is 10.1. The maximum atomic E-state index is 12.1. The highest BCUT2D eigenvalue weighted by Crippen LogP contribution is 2.07. The van der Waals surface area contributed by atoms with Gasteiger partial charge in [0, 0.05) is 25.2 Å². The standard InChI is InChI=1S/C14H15N3O3/c18-8-2-4-10-3-1-7-15-13(10)14(20)16-9-11-5-6-12(19)17-11/h1,3,7,11,18H,5-6,8-9H2,(H,16,20)(H,17,19). The van der Waals surface area contributed by atoms with Gasteiger partial charge in [0.2, 0.25) is 5.91 Å². The number of nitrogens with zero attached hydrogens (tertiary/aromatic N) is 1. The largest absolute Gasteiger partial charge is 0.384 e. The van der Waals surface area contributed by atoms with Gasteiger partial charge in [-0.1, -0.05) is 11.8 Å². The average molecular weight is 273 g/mol. The SMILES string of the molecule is O=C1CCC(CNC(=O)c2ncccc2C#CCO)N1. The number of amides is 2. The maximum absolute atomic E-state index is 12.1. The fourth-order valence-electron chi connectivity index (χ4n) is 1.95. The number of aliphatic hydroxyl groups excluding tert-OH is 1. The number of pyridine rings is 1. The maximum Gasteiger partial charge on any atom is 0.271 e. The molecular weight excluding hydrogens is 258 g/mol. The molecule has 104 valence electrons. The topological polar surface area (TPSA) is 91.3 Å². The first kappa shape index (κ1) is 14.0. The normalized spacial score (nSPS) is 17.1. The number of rotatable bonds is 3. The van der Waals surface area contributed by atoms with Gasteiger partial charge in [-0.25, -0.2) is 4.98 Å². The molecule has 1 atom stereocenters. The summed E-state index contributed by atoms with van der Waals surface area (Å²) in [6.45, 7) is 0.0953. The van der Waals surface area contributed by atoms with Crippen molar-refractivity contribution < 1.29 is 14.7 Å². The fourth-order valence-corrected chi connectivity index (χ4v) is 1.95. The van der Waals surface area contributed by atoms with Crippen LogP contribution in [0.15, 0.2) is 18.3 Å². The molecule has 1 fully saturated rings. The molecule has 2 amide bonds. The molecule has 1 aromatic heterocycles.